The Labute approximate surface area is 179 Å². The van der Waals surface area contributed by atoms with Crippen molar-refractivity contribution in [3.8, 4) is 5.75 Å². The standard InChI is InChI=1S/C21H25N3O5S/c22-16(10-14-6-8-15(25)9-7-14)19(26)24-18(12-30)20(27)23-17(21(28)29)11-13-4-2-1-3-5-13/h1-9,16-18,25,30H,10-12,22H2,(H,23,27)(H,24,26)(H,28,29). The van der Waals surface area contributed by atoms with Gasteiger partial charge in [-0.25, -0.2) is 4.79 Å². The van der Waals surface area contributed by atoms with Gasteiger partial charge in [0.15, 0.2) is 0 Å². The lowest BCUT2D eigenvalue weighted by atomic mass is 10.0. The first kappa shape index (κ1) is 23.2. The van der Waals surface area contributed by atoms with E-state index in [1.807, 2.05) is 6.07 Å². The number of phenolic OH excluding ortho intramolecular Hbond substituents is 1. The summed E-state index contributed by atoms with van der Waals surface area (Å²) in [5.41, 5.74) is 7.42. The molecule has 2 aromatic carbocycles. The molecule has 2 aromatic rings. The molecule has 0 fully saturated rings. The Morgan fingerprint density at radius 3 is 2.00 bits per heavy atom. The average molecular weight is 432 g/mol. The van der Waals surface area contributed by atoms with Crippen molar-refractivity contribution >= 4 is 30.4 Å². The van der Waals surface area contributed by atoms with Gasteiger partial charge in [0.05, 0.1) is 6.04 Å². The molecule has 3 unspecified atom stereocenters. The number of aliphatic carboxylic acids is 1. The number of carboxylic acids is 1. The quantitative estimate of drug-likeness (QED) is 0.302. The van der Waals surface area contributed by atoms with Crippen LogP contribution in [0.15, 0.2) is 54.6 Å². The van der Waals surface area contributed by atoms with Gasteiger partial charge in [0.1, 0.15) is 17.8 Å². The molecule has 0 saturated carbocycles. The van der Waals surface area contributed by atoms with Gasteiger partial charge in [-0.2, -0.15) is 12.6 Å². The number of phenols is 1. The van der Waals surface area contributed by atoms with Crippen molar-refractivity contribution in [2.24, 2.45) is 5.73 Å². The van der Waals surface area contributed by atoms with Crippen molar-refractivity contribution in [2.75, 3.05) is 5.75 Å². The zero-order valence-corrected chi connectivity index (χ0v) is 17.1. The molecule has 0 radical (unpaired) electrons. The highest BCUT2D eigenvalue weighted by molar-refractivity contribution is 7.80. The first-order valence-electron chi connectivity index (χ1n) is 9.32. The van der Waals surface area contributed by atoms with Crippen LogP contribution in [-0.4, -0.2) is 51.9 Å². The van der Waals surface area contributed by atoms with E-state index in [0.717, 1.165) is 11.1 Å². The van der Waals surface area contributed by atoms with Gasteiger partial charge in [0.2, 0.25) is 11.8 Å². The van der Waals surface area contributed by atoms with Gasteiger partial charge in [-0.1, -0.05) is 42.5 Å². The average Bonchev–Trinajstić information content (AvgIpc) is 2.73. The van der Waals surface area contributed by atoms with Gasteiger partial charge in [-0.3, -0.25) is 9.59 Å². The fourth-order valence-electron chi connectivity index (χ4n) is 2.77. The molecule has 0 aliphatic carbocycles. The van der Waals surface area contributed by atoms with Gasteiger partial charge in [0.25, 0.3) is 0 Å². The Bertz CT molecular complexity index is 861. The highest BCUT2D eigenvalue weighted by atomic mass is 32.1. The maximum Gasteiger partial charge on any atom is 0.326 e. The molecular weight excluding hydrogens is 406 g/mol. The second kappa shape index (κ2) is 11.2. The molecule has 30 heavy (non-hydrogen) atoms. The van der Waals surface area contributed by atoms with Crippen LogP contribution in [0.2, 0.25) is 0 Å². The number of hydrogen-bond donors (Lipinski definition) is 6. The van der Waals surface area contributed by atoms with E-state index in [2.05, 4.69) is 23.3 Å². The maximum atomic E-state index is 12.5. The molecule has 0 spiro atoms. The SMILES string of the molecule is NC(Cc1ccc(O)cc1)C(=O)NC(CS)C(=O)NC(Cc1ccccc1)C(=O)O. The molecule has 9 heteroatoms. The molecule has 0 aromatic heterocycles. The van der Waals surface area contributed by atoms with E-state index in [4.69, 9.17) is 5.73 Å². The molecule has 0 bridgehead atoms. The topological polar surface area (TPSA) is 142 Å². The van der Waals surface area contributed by atoms with E-state index >= 15 is 0 Å². The number of carbonyl (C=O) groups excluding carboxylic acids is 2. The minimum atomic E-state index is -1.18. The van der Waals surface area contributed by atoms with Crippen LogP contribution in [0.4, 0.5) is 0 Å². The summed E-state index contributed by atoms with van der Waals surface area (Å²) < 4.78 is 0. The molecule has 0 saturated heterocycles. The molecule has 0 aliphatic rings. The Morgan fingerprint density at radius 2 is 1.43 bits per heavy atom. The van der Waals surface area contributed by atoms with Crippen LogP contribution < -0.4 is 16.4 Å². The van der Waals surface area contributed by atoms with Crippen LogP contribution in [0.1, 0.15) is 11.1 Å². The van der Waals surface area contributed by atoms with E-state index < -0.39 is 35.9 Å². The molecule has 8 nitrogen and oxygen atoms in total. The Hall–Kier alpha value is -3.04. The molecule has 0 aliphatic heterocycles. The summed E-state index contributed by atoms with van der Waals surface area (Å²) in [5, 5.41) is 23.7. The second-order valence-corrected chi connectivity index (χ2v) is 7.18. The van der Waals surface area contributed by atoms with Crippen molar-refractivity contribution in [3.63, 3.8) is 0 Å². The third-order valence-electron chi connectivity index (χ3n) is 4.44. The lowest BCUT2D eigenvalue weighted by Gasteiger charge is -2.22. The lowest BCUT2D eigenvalue weighted by molar-refractivity contribution is -0.142. The predicted octanol–water partition coefficient (Wildman–Crippen LogP) is 0.489. The van der Waals surface area contributed by atoms with Crippen molar-refractivity contribution in [3.05, 3.63) is 65.7 Å². The third kappa shape index (κ3) is 7.09. The van der Waals surface area contributed by atoms with E-state index in [9.17, 15) is 24.6 Å². The normalized spacial score (nSPS) is 13.7. The van der Waals surface area contributed by atoms with E-state index in [-0.39, 0.29) is 24.3 Å². The Kier molecular flexibility index (Phi) is 8.70. The van der Waals surface area contributed by atoms with E-state index in [0.29, 0.717) is 0 Å². The molecular formula is C21H25N3O5S. The first-order chi connectivity index (χ1) is 14.3. The Morgan fingerprint density at radius 1 is 0.867 bits per heavy atom. The summed E-state index contributed by atoms with van der Waals surface area (Å²) >= 11 is 4.09. The number of nitrogens with one attached hydrogen (secondary N) is 2. The third-order valence-corrected chi connectivity index (χ3v) is 4.81. The van der Waals surface area contributed by atoms with Crippen molar-refractivity contribution < 1.29 is 24.6 Å². The Balaban J connectivity index is 1.95. The fraction of sp³-hybridized carbons (Fsp3) is 0.286. The largest absolute Gasteiger partial charge is 0.508 e. The molecule has 0 heterocycles. The zero-order valence-electron chi connectivity index (χ0n) is 16.2. The second-order valence-electron chi connectivity index (χ2n) is 6.81. The van der Waals surface area contributed by atoms with Gasteiger partial charge >= 0.3 is 5.97 Å². The fourth-order valence-corrected chi connectivity index (χ4v) is 3.03. The summed E-state index contributed by atoms with van der Waals surface area (Å²) in [6, 6.07) is 12.1. The maximum absolute atomic E-state index is 12.5. The summed E-state index contributed by atoms with van der Waals surface area (Å²) in [5.74, 6) is -2.32. The van der Waals surface area contributed by atoms with Gasteiger partial charge in [-0.15, -0.1) is 0 Å². The number of amides is 2. The van der Waals surface area contributed by atoms with Crippen LogP contribution in [-0.2, 0) is 27.2 Å². The smallest absolute Gasteiger partial charge is 0.326 e. The van der Waals surface area contributed by atoms with Gasteiger partial charge < -0.3 is 26.6 Å². The summed E-state index contributed by atoms with van der Waals surface area (Å²) in [4.78, 5) is 36.5. The van der Waals surface area contributed by atoms with E-state index in [1.165, 1.54) is 12.1 Å². The lowest BCUT2D eigenvalue weighted by Crippen LogP contribution is -2.55. The van der Waals surface area contributed by atoms with Crippen molar-refractivity contribution in [1.29, 1.82) is 0 Å². The van der Waals surface area contributed by atoms with Crippen molar-refractivity contribution in [2.45, 2.75) is 31.0 Å². The molecule has 6 N–H and O–H groups in total. The monoisotopic (exact) mass is 431 g/mol. The van der Waals surface area contributed by atoms with Gasteiger partial charge in [0, 0.05) is 12.2 Å². The van der Waals surface area contributed by atoms with Crippen molar-refractivity contribution in [1.82, 2.24) is 10.6 Å². The highest BCUT2D eigenvalue weighted by Crippen LogP contribution is 2.11. The summed E-state index contributed by atoms with van der Waals surface area (Å²) in [6.07, 6.45) is 0.314. The van der Waals surface area contributed by atoms with Crippen LogP contribution in [0.25, 0.3) is 0 Å². The number of carbonyl (C=O) groups is 3. The van der Waals surface area contributed by atoms with E-state index in [1.54, 1.807) is 36.4 Å². The molecule has 2 rings (SSSR count). The van der Waals surface area contributed by atoms with Crippen LogP contribution in [0.3, 0.4) is 0 Å². The summed E-state index contributed by atoms with van der Waals surface area (Å²) in [7, 11) is 0. The molecule has 2 amide bonds. The molecule has 160 valence electrons. The number of nitrogens with two attached hydrogens (primary N) is 1. The summed E-state index contributed by atoms with van der Waals surface area (Å²) in [6.45, 7) is 0. The predicted molar refractivity (Wildman–Crippen MR) is 115 cm³/mol. The van der Waals surface area contributed by atoms with Crippen LogP contribution in [0, 0.1) is 0 Å². The number of carboxylic acid groups (broad SMARTS) is 1. The minimum Gasteiger partial charge on any atom is -0.508 e. The van der Waals surface area contributed by atoms with Crippen LogP contribution >= 0.6 is 12.6 Å². The number of benzene rings is 2. The number of hydrogen-bond acceptors (Lipinski definition) is 6. The van der Waals surface area contributed by atoms with Gasteiger partial charge in [-0.05, 0) is 29.7 Å². The molecule has 3 atom stereocenters. The number of rotatable bonds is 10. The highest BCUT2D eigenvalue weighted by Gasteiger charge is 2.27. The van der Waals surface area contributed by atoms with Crippen LogP contribution in [0.5, 0.6) is 5.75 Å². The first-order valence-corrected chi connectivity index (χ1v) is 9.95. The zero-order chi connectivity index (χ0) is 22.1. The number of aromatic hydroxyl groups is 1. The minimum absolute atomic E-state index is 0.0266. The number of thiol groups is 1.